The minimum atomic E-state index is -3.48. The lowest BCUT2D eigenvalue weighted by atomic mass is 9.86. The molecule has 2 rings (SSSR count). The van der Waals surface area contributed by atoms with Gasteiger partial charge in [-0.15, -0.1) is 0 Å². The SMILES string of the molecule is NCc1cn[nH]c1S(=O)(=O)NCC1CCC1. The molecule has 1 aromatic heterocycles. The third-order valence-corrected chi connectivity index (χ3v) is 4.39. The molecule has 0 spiro atoms. The zero-order valence-electron chi connectivity index (χ0n) is 8.94. The van der Waals surface area contributed by atoms with Gasteiger partial charge >= 0.3 is 0 Å². The maximum absolute atomic E-state index is 11.9. The number of nitrogens with one attached hydrogen (secondary N) is 2. The second kappa shape index (κ2) is 4.52. The Morgan fingerprint density at radius 3 is 2.88 bits per heavy atom. The van der Waals surface area contributed by atoms with Crippen LogP contribution in [-0.4, -0.2) is 25.2 Å². The van der Waals surface area contributed by atoms with Crippen LogP contribution in [0.15, 0.2) is 11.2 Å². The van der Waals surface area contributed by atoms with Crippen molar-refractivity contribution in [3.8, 4) is 0 Å². The molecule has 0 bridgehead atoms. The van der Waals surface area contributed by atoms with Gasteiger partial charge in [0.1, 0.15) is 0 Å². The minimum absolute atomic E-state index is 0.0920. The van der Waals surface area contributed by atoms with Crippen LogP contribution in [0.5, 0.6) is 0 Å². The van der Waals surface area contributed by atoms with Gasteiger partial charge in [-0.2, -0.15) is 5.10 Å². The molecule has 0 amide bonds. The summed E-state index contributed by atoms with van der Waals surface area (Å²) in [6.45, 7) is 0.668. The van der Waals surface area contributed by atoms with Crippen LogP contribution >= 0.6 is 0 Å². The van der Waals surface area contributed by atoms with E-state index in [4.69, 9.17) is 5.73 Å². The molecule has 0 unspecified atom stereocenters. The van der Waals surface area contributed by atoms with Crippen LogP contribution in [0.25, 0.3) is 0 Å². The van der Waals surface area contributed by atoms with E-state index in [0.717, 1.165) is 12.8 Å². The quantitative estimate of drug-likeness (QED) is 0.675. The fourth-order valence-electron chi connectivity index (χ4n) is 1.67. The van der Waals surface area contributed by atoms with E-state index in [1.165, 1.54) is 12.6 Å². The second-order valence-corrected chi connectivity index (χ2v) is 5.78. The molecule has 1 aromatic rings. The predicted octanol–water partition coefficient (Wildman–Crippen LogP) is -0.0532. The first-order valence-electron chi connectivity index (χ1n) is 5.35. The average molecular weight is 244 g/mol. The van der Waals surface area contributed by atoms with Crippen LogP contribution in [0, 0.1) is 5.92 Å². The number of hydrogen-bond donors (Lipinski definition) is 3. The number of nitrogens with zero attached hydrogens (tertiary/aromatic N) is 1. The Labute approximate surface area is 94.7 Å². The van der Waals surface area contributed by atoms with Crippen molar-refractivity contribution in [1.82, 2.24) is 14.9 Å². The van der Waals surface area contributed by atoms with Crippen molar-refractivity contribution in [3.63, 3.8) is 0 Å². The molecular weight excluding hydrogens is 228 g/mol. The van der Waals surface area contributed by atoms with E-state index in [2.05, 4.69) is 14.9 Å². The molecule has 1 aliphatic rings. The molecule has 6 nitrogen and oxygen atoms in total. The van der Waals surface area contributed by atoms with E-state index in [1.54, 1.807) is 0 Å². The van der Waals surface area contributed by atoms with Gasteiger partial charge in [0.15, 0.2) is 5.03 Å². The lowest BCUT2D eigenvalue weighted by Crippen LogP contribution is -2.33. The van der Waals surface area contributed by atoms with E-state index < -0.39 is 10.0 Å². The summed E-state index contributed by atoms with van der Waals surface area (Å²) in [4.78, 5) is 0. The van der Waals surface area contributed by atoms with Crippen molar-refractivity contribution in [3.05, 3.63) is 11.8 Å². The van der Waals surface area contributed by atoms with Crippen molar-refractivity contribution in [1.29, 1.82) is 0 Å². The van der Waals surface area contributed by atoms with Crippen LogP contribution in [0.4, 0.5) is 0 Å². The smallest absolute Gasteiger partial charge is 0.257 e. The van der Waals surface area contributed by atoms with Crippen molar-refractivity contribution in [2.24, 2.45) is 11.7 Å². The van der Waals surface area contributed by atoms with Gasteiger partial charge in [-0.1, -0.05) is 6.42 Å². The fourth-order valence-corrected chi connectivity index (χ4v) is 2.93. The summed E-state index contributed by atoms with van der Waals surface area (Å²) in [5.74, 6) is 0.485. The van der Waals surface area contributed by atoms with Gasteiger partial charge in [0.25, 0.3) is 10.0 Å². The molecule has 90 valence electrons. The van der Waals surface area contributed by atoms with Gasteiger partial charge in [0, 0.05) is 18.7 Å². The first-order chi connectivity index (χ1) is 7.63. The van der Waals surface area contributed by atoms with Crippen LogP contribution in [0.1, 0.15) is 24.8 Å². The summed E-state index contributed by atoms with van der Waals surface area (Å²) in [5, 5.41) is 6.26. The molecular formula is C9H16N4O2S. The number of nitrogens with two attached hydrogens (primary N) is 1. The lowest BCUT2D eigenvalue weighted by molar-refractivity contribution is 0.316. The van der Waals surface area contributed by atoms with Crippen molar-refractivity contribution >= 4 is 10.0 Å². The summed E-state index contributed by atoms with van der Waals surface area (Å²) in [6, 6.07) is 0. The molecule has 1 saturated carbocycles. The van der Waals surface area contributed by atoms with Gasteiger partial charge in [-0.25, -0.2) is 13.1 Å². The normalized spacial score (nSPS) is 17.3. The summed E-state index contributed by atoms with van der Waals surface area (Å²) >= 11 is 0. The summed E-state index contributed by atoms with van der Waals surface area (Å²) < 4.78 is 26.3. The Balaban J connectivity index is 2.05. The monoisotopic (exact) mass is 244 g/mol. The Morgan fingerprint density at radius 2 is 2.31 bits per heavy atom. The van der Waals surface area contributed by atoms with E-state index in [1.807, 2.05) is 0 Å². The van der Waals surface area contributed by atoms with E-state index in [9.17, 15) is 8.42 Å². The topological polar surface area (TPSA) is 101 Å². The molecule has 1 aliphatic carbocycles. The number of hydrogen-bond acceptors (Lipinski definition) is 4. The molecule has 4 N–H and O–H groups in total. The largest absolute Gasteiger partial charge is 0.326 e. The highest BCUT2D eigenvalue weighted by atomic mass is 32.2. The van der Waals surface area contributed by atoms with Crippen molar-refractivity contribution < 1.29 is 8.42 Å². The van der Waals surface area contributed by atoms with Gasteiger partial charge in [-0.05, 0) is 18.8 Å². The number of aromatic nitrogens is 2. The molecule has 16 heavy (non-hydrogen) atoms. The number of H-pyrrole nitrogens is 1. The number of rotatable bonds is 5. The van der Waals surface area contributed by atoms with Crippen LogP contribution in [-0.2, 0) is 16.6 Å². The lowest BCUT2D eigenvalue weighted by Gasteiger charge is -2.25. The molecule has 0 atom stereocenters. The number of aromatic amines is 1. The molecule has 0 aliphatic heterocycles. The average Bonchev–Trinajstić information content (AvgIpc) is 2.63. The van der Waals surface area contributed by atoms with Crippen LogP contribution in [0.2, 0.25) is 0 Å². The van der Waals surface area contributed by atoms with Crippen LogP contribution in [0.3, 0.4) is 0 Å². The Hall–Kier alpha value is -0.920. The first-order valence-corrected chi connectivity index (χ1v) is 6.84. The van der Waals surface area contributed by atoms with E-state index >= 15 is 0 Å². The Bertz CT molecular complexity index is 450. The summed E-state index contributed by atoms with van der Waals surface area (Å²) in [7, 11) is -3.48. The maximum atomic E-state index is 11.9. The maximum Gasteiger partial charge on any atom is 0.257 e. The zero-order valence-corrected chi connectivity index (χ0v) is 9.76. The Morgan fingerprint density at radius 1 is 1.56 bits per heavy atom. The second-order valence-electron chi connectivity index (χ2n) is 4.08. The van der Waals surface area contributed by atoms with Crippen LogP contribution < -0.4 is 10.5 Å². The fraction of sp³-hybridized carbons (Fsp3) is 0.667. The predicted molar refractivity (Wildman–Crippen MR) is 59.0 cm³/mol. The van der Waals surface area contributed by atoms with Crippen molar-refractivity contribution in [2.45, 2.75) is 30.8 Å². The molecule has 0 aromatic carbocycles. The van der Waals surface area contributed by atoms with Gasteiger partial charge < -0.3 is 5.73 Å². The van der Waals surface area contributed by atoms with Gasteiger partial charge in [-0.3, -0.25) is 5.10 Å². The highest BCUT2D eigenvalue weighted by Crippen LogP contribution is 2.25. The zero-order chi connectivity index (χ0) is 11.6. The summed E-state index contributed by atoms with van der Waals surface area (Å²) in [5.41, 5.74) is 5.95. The highest BCUT2D eigenvalue weighted by molar-refractivity contribution is 7.89. The molecule has 0 saturated heterocycles. The minimum Gasteiger partial charge on any atom is -0.326 e. The van der Waals surface area contributed by atoms with Gasteiger partial charge in [0.2, 0.25) is 0 Å². The van der Waals surface area contributed by atoms with Gasteiger partial charge in [0.05, 0.1) is 6.20 Å². The molecule has 7 heteroatoms. The molecule has 1 heterocycles. The standard InChI is InChI=1S/C9H16N4O2S/c10-4-8-6-11-13-9(8)16(14,15)12-5-7-2-1-3-7/h6-7,12H,1-5,10H2,(H,11,13). The summed E-state index contributed by atoms with van der Waals surface area (Å²) in [6.07, 6.45) is 4.85. The van der Waals surface area contributed by atoms with Crippen molar-refractivity contribution in [2.75, 3.05) is 6.54 Å². The highest BCUT2D eigenvalue weighted by Gasteiger charge is 2.23. The van der Waals surface area contributed by atoms with E-state index in [-0.39, 0.29) is 11.6 Å². The molecule has 0 radical (unpaired) electrons. The first kappa shape index (κ1) is 11.6. The van der Waals surface area contributed by atoms with E-state index in [0.29, 0.717) is 18.0 Å². The third kappa shape index (κ3) is 2.26. The Kier molecular flexibility index (Phi) is 3.27. The molecule has 1 fully saturated rings. The third-order valence-electron chi connectivity index (χ3n) is 2.95. The number of sulfonamides is 1.